The molecule has 1 heterocycles. The topological polar surface area (TPSA) is 53.6 Å². The second-order valence-corrected chi connectivity index (χ2v) is 3.50. The van der Waals surface area contributed by atoms with E-state index in [-0.39, 0.29) is 0 Å². The lowest BCUT2D eigenvalue weighted by molar-refractivity contribution is 0.608. The van der Waals surface area contributed by atoms with Crippen molar-refractivity contribution in [2.45, 2.75) is 19.8 Å². The van der Waals surface area contributed by atoms with Crippen molar-refractivity contribution in [2.24, 2.45) is 5.41 Å². The Bertz CT molecular complexity index is 225. The van der Waals surface area contributed by atoms with Crippen molar-refractivity contribution in [3.05, 3.63) is 6.33 Å². The van der Waals surface area contributed by atoms with Gasteiger partial charge in [0.25, 0.3) is 0 Å². The molecule has 1 saturated carbocycles. The van der Waals surface area contributed by atoms with E-state index in [0.717, 1.165) is 12.5 Å². The highest BCUT2D eigenvalue weighted by molar-refractivity contribution is 5.21. The first-order valence-corrected chi connectivity index (χ1v) is 3.88. The minimum atomic E-state index is 0.521. The highest BCUT2D eigenvalue weighted by Gasteiger charge is 2.36. The summed E-state index contributed by atoms with van der Waals surface area (Å²) >= 11 is 0. The zero-order chi connectivity index (χ0) is 7.73. The molecule has 0 aliphatic heterocycles. The summed E-state index contributed by atoms with van der Waals surface area (Å²) in [7, 11) is 0. The molecular formula is C7H12N4. The maximum Gasteiger partial charge on any atom is 0.218 e. The Morgan fingerprint density at radius 2 is 2.55 bits per heavy atom. The third-order valence-corrected chi connectivity index (χ3v) is 2.20. The second kappa shape index (κ2) is 2.22. The predicted molar refractivity (Wildman–Crippen MR) is 42.2 cm³/mol. The molecule has 0 radical (unpaired) electrons. The monoisotopic (exact) mass is 152 g/mol. The molecule has 1 aromatic heterocycles. The van der Waals surface area contributed by atoms with Crippen molar-refractivity contribution in [3.63, 3.8) is 0 Å². The SMILES string of the molecule is CC1(CNc2ncn[nH]2)CC1. The van der Waals surface area contributed by atoms with Gasteiger partial charge in [0.15, 0.2) is 0 Å². The van der Waals surface area contributed by atoms with E-state index in [1.807, 2.05) is 0 Å². The van der Waals surface area contributed by atoms with E-state index >= 15 is 0 Å². The van der Waals surface area contributed by atoms with Crippen LogP contribution in [0.4, 0.5) is 5.95 Å². The van der Waals surface area contributed by atoms with Gasteiger partial charge in [-0.1, -0.05) is 6.92 Å². The number of hydrogen-bond acceptors (Lipinski definition) is 3. The second-order valence-electron chi connectivity index (χ2n) is 3.50. The standard InChI is InChI=1S/C7H12N4/c1-7(2-3-7)4-8-6-9-5-10-11-6/h5H,2-4H2,1H3,(H2,8,9,10,11). The molecule has 0 amide bonds. The molecule has 0 unspecified atom stereocenters. The van der Waals surface area contributed by atoms with Crippen LogP contribution in [0.25, 0.3) is 0 Å². The van der Waals surface area contributed by atoms with E-state index in [2.05, 4.69) is 27.4 Å². The van der Waals surface area contributed by atoms with Gasteiger partial charge in [-0.15, -0.1) is 0 Å². The predicted octanol–water partition coefficient (Wildman–Crippen LogP) is 1.02. The van der Waals surface area contributed by atoms with Crippen molar-refractivity contribution < 1.29 is 0 Å². The van der Waals surface area contributed by atoms with Gasteiger partial charge in [0.05, 0.1) is 0 Å². The molecule has 1 aliphatic rings. The van der Waals surface area contributed by atoms with Gasteiger partial charge < -0.3 is 5.32 Å². The van der Waals surface area contributed by atoms with Crippen LogP contribution < -0.4 is 5.32 Å². The number of H-pyrrole nitrogens is 1. The quantitative estimate of drug-likeness (QED) is 0.679. The lowest BCUT2D eigenvalue weighted by Crippen LogP contribution is -2.12. The zero-order valence-corrected chi connectivity index (χ0v) is 6.59. The number of nitrogens with zero attached hydrogens (tertiary/aromatic N) is 2. The molecular weight excluding hydrogens is 140 g/mol. The van der Waals surface area contributed by atoms with Crippen molar-refractivity contribution in [1.29, 1.82) is 0 Å². The lowest BCUT2D eigenvalue weighted by Gasteiger charge is -2.07. The maximum absolute atomic E-state index is 3.97. The first-order chi connectivity index (χ1) is 5.29. The Morgan fingerprint density at radius 3 is 3.09 bits per heavy atom. The number of hydrogen-bond donors (Lipinski definition) is 2. The van der Waals surface area contributed by atoms with Gasteiger partial charge in [-0.25, -0.2) is 10.1 Å². The lowest BCUT2D eigenvalue weighted by atomic mass is 10.1. The Kier molecular flexibility index (Phi) is 1.34. The largest absolute Gasteiger partial charge is 0.354 e. The van der Waals surface area contributed by atoms with E-state index in [1.165, 1.54) is 19.2 Å². The van der Waals surface area contributed by atoms with Crippen LogP contribution in [-0.4, -0.2) is 21.7 Å². The van der Waals surface area contributed by atoms with Crippen LogP contribution in [0.3, 0.4) is 0 Å². The van der Waals surface area contributed by atoms with E-state index < -0.39 is 0 Å². The van der Waals surface area contributed by atoms with E-state index in [1.54, 1.807) is 0 Å². The molecule has 0 saturated heterocycles. The van der Waals surface area contributed by atoms with Crippen molar-refractivity contribution in [2.75, 3.05) is 11.9 Å². The van der Waals surface area contributed by atoms with Crippen molar-refractivity contribution >= 4 is 5.95 Å². The van der Waals surface area contributed by atoms with Gasteiger partial charge in [0, 0.05) is 6.54 Å². The fourth-order valence-electron chi connectivity index (χ4n) is 0.978. The Hall–Kier alpha value is -1.06. The molecule has 11 heavy (non-hydrogen) atoms. The number of anilines is 1. The van der Waals surface area contributed by atoms with Crippen LogP contribution in [0, 0.1) is 5.41 Å². The molecule has 1 fully saturated rings. The summed E-state index contributed by atoms with van der Waals surface area (Å²) in [5.41, 5.74) is 0.521. The first kappa shape index (κ1) is 6.64. The molecule has 0 bridgehead atoms. The average Bonchev–Trinajstić information content (AvgIpc) is 2.53. The Balaban J connectivity index is 1.83. The summed E-state index contributed by atoms with van der Waals surface area (Å²) in [6, 6.07) is 0. The molecule has 4 nitrogen and oxygen atoms in total. The number of nitrogens with one attached hydrogen (secondary N) is 2. The van der Waals surface area contributed by atoms with Crippen LogP contribution in [0.15, 0.2) is 6.33 Å². The van der Waals surface area contributed by atoms with Gasteiger partial charge in [-0.05, 0) is 18.3 Å². The minimum absolute atomic E-state index is 0.521. The van der Waals surface area contributed by atoms with Crippen LogP contribution in [-0.2, 0) is 0 Å². The highest BCUT2D eigenvalue weighted by atomic mass is 15.3. The molecule has 60 valence electrons. The summed E-state index contributed by atoms with van der Waals surface area (Å²) in [5, 5.41) is 9.71. The average molecular weight is 152 g/mol. The number of aromatic nitrogens is 3. The van der Waals surface area contributed by atoms with E-state index in [0.29, 0.717) is 5.41 Å². The summed E-state index contributed by atoms with van der Waals surface area (Å²) < 4.78 is 0. The van der Waals surface area contributed by atoms with Gasteiger partial charge >= 0.3 is 0 Å². The molecule has 1 aromatic rings. The Morgan fingerprint density at radius 1 is 1.73 bits per heavy atom. The number of rotatable bonds is 3. The van der Waals surface area contributed by atoms with Crippen LogP contribution in [0.2, 0.25) is 0 Å². The Labute approximate surface area is 65.4 Å². The van der Waals surface area contributed by atoms with E-state index in [9.17, 15) is 0 Å². The fourth-order valence-corrected chi connectivity index (χ4v) is 0.978. The highest BCUT2D eigenvalue weighted by Crippen LogP contribution is 2.44. The molecule has 0 spiro atoms. The first-order valence-electron chi connectivity index (χ1n) is 3.88. The summed E-state index contributed by atoms with van der Waals surface area (Å²) in [5.74, 6) is 0.776. The van der Waals surface area contributed by atoms with Gasteiger partial charge in [0.1, 0.15) is 6.33 Å². The molecule has 0 atom stereocenters. The summed E-state index contributed by atoms with van der Waals surface area (Å²) in [6.07, 6.45) is 4.17. The molecule has 2 N–H and O–H groups in total. The summed E-state index contributed by atoms with van der Waals surface area (Å²) in [4.78, 5) is 3.97. The van der Waals surface area contributed by atoms with E-state index in [4.69, 9.17) is 0 Å². The van der Waals surface area contributed by atoms with Gasteiger partial charge in [-0.2, -0.15) is 5.10 Å². The zero-order valence-electron chi connectivity index (χ0n) is 6.59. The molecule has 2 rings (SSSR count). The van der Waals surface area contributed by atoms with Gasteiger partial charge in [-0.3, -0.25) is 0 Å². The third kappa shape index (κ3) is 1.50. The number of aromatic amines is 1. The van der Waals surface area contributed by atoms with Gasteiger partial charge in [0.2, 0.25) is 5.95 Å². The van der Waals surface area contributed by atoms with Crippen LogP contribution >= 0.6 is 0 Å². The normalized spacial score (nSPS) is 19.7. The molecule has 0 aromatic carbocycles. The summed E-state index contributed by atoms with van der Waals surface area (Å²) in [6.45, 7) is 3.28. The minimum Gasteiger partial charge on any atom is -0.354 e. The smallest absolute Gasteiger partial charge is 0.218 e. The van der Waals surface area contributed by atoms with Crippen molar-refractivity contribution in [1.82, 2.24) is 15.2 Å². The third-order valence-electron chi connectivity index (χ3n) is 2.20. The molecule has 1 aliphatic carbocycles. The van der Waals surface area contributed by atoms with Crippen LogP contribution in [0.5, 0.6) is 0 Å². The van der Waals surface area contributed by atoms with Crippen molar-refractivity contribution in [3.8, 4) is 0 Å². The maximum atomic E-state index is 3.97. The van der Waals surface area contributed by atoms with Crippen LogP contribution in [0.1, 0.15) is 19.8 Å². The molecule has 4 heteroatoms. The fraction of sp³-hybridized carbons (Fsp3) is 0.714.